The minimum Gasteiger partial charge on any atom is -0.322 e. The Morgan fingerprint density at radius 3 is 2.45 bits per heavy atom. The van der Waals surface area contributed by atoms with Gasteiger partial charge in [0, 0.05) is 40.1 Å². The quantitative estimate of drug-likeness (QED) is 0.458. The van der Waals surface area contributed by atoms with Crippen molar-refractivity contribution in [1.29, 1.82) is 0 Å². The molecule has 0 bridgehead atoms. The first kappa shape index (κ1) is 24.0. The van der Waals surface area contributed by atoms with Crippen LogP contribution in [0.4, 0.5) is 18.9 Å². The fraction of sp³-hybridized carbons (Fsp3) is 0.435. The molecule has 0 radical (unpaired) electrons. The van der Waals surface area contributed by atoms with Gasteiger partial charge >= 0.3 is 0 Å². The average molecular weight is 471 g/mol. The molecule has 2 aromatic rings. The molecule has 8 heteroatoms. The molecule has 1 amide bonds. The maximum atomic E-state index is 13.4. The number of hydrogen-bond acceptors (Lipinski definition) is 3. The Balaban J connectivity index is 1.67. The van der Waals surface area contributed by atoms with Gasteiger partial charge in [-0.3, -0.25) is 4.79 Å². The maximum Gasteiger partial charge on any atom is 0.255 e. The van der Waals surface area contributed by atoms with E-state index in [4.69, 9.17) is 11.6 Å². The topological polar surface area (TPSA) is 32.3 Å². The Kier molecular flexibility index (Phi) is 7.60. The minimum atomic E-state index is -1.57. The van der Waals surface area contributed by atoms with Gasteiger partial charge in [-0.2, -0.15) is 0 Å². The van der Waals surface area contributed by atoms with E-state index in [0.717, 1.165) is 30.0 Å². The van der Waals surface area contributed by atoms with Crippen molar-refractivity contribution in [3.05, 3.63) is 58.4 Å². The monoisotopic (exact) mass is 470 g/mol. The van der Waals surface area contributed by atoms with Gasteiger partial charge in [0.05, 0.1) is 5.02 Å². The van der Waals surface area contributed by atoms with E-state index in [1.807, 2.05) is 0 Å². The molecule has 31 heavy (non-hydrogen) atoms. The highest BCUT2D eigenvalue weighted by atomic mass is 35.5. The highest BCUT2D eigenvalue weighted by Gasteiger charge is 2.47. The summed E-state index contributed by atoms with van der Waals surface area (Å²) in [6.45, 7) is 5.53. The Labute approximate surface area is 190 Å². The Bertz CT molecular complexity index is 949. The van der Waals surface area contributed by atoms with E-state index in [9.17, 15) is 18.0 Å². The number of amides is 1. The minimum absolute atomic E-state index is 0.156. The zero-order chi connectivity index (χ0) is 22.9. The van der Waals surface area contributed by atoms with Crippen molar-refractivity contribution in [1.82, 2.24) is 4.90 Å². The highest BCUT2D eigenvalue weighted by molar-refractivity contribution is 8.00. The number of hydrogen-bond donors (Lipinski definition) is 1. The molecule has 168 valence electrons. The molecule has 1 aliphatic carbocycles. The molecule has 0 aromatic heterocycles. The first-order chi connectivity index (χ1) is 14.6. The van der Waals surface area contributed by atoms with Gasteiger partial charge in [-0.05, 0) is 56.5 Å². The second-order valence-corrected chi connectivity index (χ2v) is 10.2. The van der Waals surface area contributed by atoms with Crippen LogP contribution in [0.1, 0.15) is 30.6 Å². The van der Waals surface area contributed by atoms with Gasteiger partial charge in [0.15, 0.2) is 17.5 Å². The zero-order valence-electron chi connectivity index (χ0n) is 17.9. The van der Waals surface area contributed by atoms with Gasteiger partial charge in [0.2, 0.25) is 0 Å². The molecule has 1 aliphatic rings. The van der Waals surface area contributed by atoms with E-state index in [2.05, 4.69) is 38.2 Å². The van der Waals surface area contributed by atoms with Crippen LogP contribution in [0.2, 0.25) is 5.02 Å². The van der Waals surface area contributed by atoms with Crippen LogP contribution in [0.3, 0.4) is 0 Å². The van der Waals surface area contributed by atoms with Gasteiger partial charge in [-0.15, -0.1) is 11.8 Å². The molecule has 1 fully saturated rings. The van der Waals surface area contributed by atoms with Crippen LogP contribution in [-0.4, -0.2) is 36.7 Å². The van der Waals surface area contributed by atoms with E-state index >= 15 is 0 Å². The van der Waals surface area contributed by atoms with Gasteiger partial charge in [0.1, 0.15) is 0 Å². The third-order valence-corrected chi connectivity index (χ3v) is 7.61. The highest BCUT2D eigenvalue weighted by Crippen LogP contribution is 2.54. The third kappa shape index (κ3) is 5.96. The van der Waals surface area contributed by atoms with Crippen molar-refractivity contribution in [3.8, 4) is 0 Å². The van der Waals surface area contributed by atoms with E-state index < -0.39 is 23.4 Å². The maximum absolute atomic E-state index is 13.4. The molecule has 0 heterocycles. The summed E-state index contributed by atoms with van der Waals surface area (Å²) < 4.78 is 39.9. The summed E-state index contributed by atoms with van der Waals surface area (Å²) in [5, 5.41) is 3.39. The third-order valence-electron chi connectivity index (χ3n) is 5.52. The molecule has 0 saturated heterocycles. The van der Waals surface area contributed by atoms with Gasteiger partial charge in [-0.1, -0.05) is 25.4 Å². The number of halogens is 4. The van der Waals surface area contributed by atoms with Crippen molar-refractivity contribution in [2.75, 3.05) is 26.0 Å². The van der Waals surface area contributed by atoms with Gasteiger partial charge in [-0.25, -0.2) is 13.2 Å². The fourth-order valence-electron chi connectivity index (χ4n) is 3.92. The SMILES string of the molecule is CC(CC1C(C)C1Sc1cc(C(=O)Nc2cc(F)c(F)c(F)c2)ccc1Cl)CN(C)C. The summed E-state index contributed by atoms with van der Waals surface area (Å²) in [6.07, 6.45) is 1.14. The van der Waals surface area contributed by atoms with Crippen molar-refractivity contribution in [3.63, 3.8) is 0 Å². The Hall–Kier alpha value is -1.70. The predicted molar refractivity (Wildman–Crippen MR) is 120 cm³/mol. The second-order valence-electron chi connectivity index (χ2n) is 8.56. The lowest BCUT2D eigenvalue weighted by Gasteiger charge is -2.16. The molecule has 4 atom stereocenters. The summed E-state index contributed by atoms with van der Waals surface area (Å²) in [4.78, 5) is 15.5. The number of benzene rings is 2. The molecule has 4 unspecified atom stereocenters. The summed E-state index contributed by atoms with van der Waals surface area (Å²) in [6, 6.07) is 6.36. The van der Waals surface area contributed by atoms with Gasteiger partial charge < -0.3 is 10.2 Å². The second kappa shape index (κ2) is 9.84. The number of thioether (sulfide) groups is 1. The van der Waals surface area contributed by atoms with Crippen LogP contribution in [0.5, 0.6) is 0 Å². The van der Waals surface area contributed by atoms with E-state index in [1.165, 1.54) is 0 Å². The number of rotatable bonds is 8. The van der Waals surface area contributed by atoms with Crippen molar-refractivity contribution in [2.45, 2.75) is 30.4 Å². The normalized spacial score (nSPS) is 21.3. The smallest absolute Gasteiger partial charge is 0.255 e. The van der Waals surface area contributed by atoms with Crippen LogP contribution in [0, 0.1) is 35.2 Å². The first-order valence-electron chi connectivity index (χ1n) is 10.1. The average Bonchev–Trinajstić information content (AvgIpc) is 3.27. The van der Waals surface area contributed by atoms with E-state index in [1.54, 1.807) is 30.0 Å². The Morgan fingerprint density at radius 2 is 1.84 bits per heavy atom. The first-order valence-corrected chi connectivity index (χ1v) is 11.4. The van der Waals surface area contributed by atoms with E-state index in [0.29, 0.717) is 33.6 Å². The molecular formula is C23H26ClF3N2OS. The molecule has 0 aliphatic heterocycles. The lowest BCUT2D eigenvalue weighted by molar-refractivity contribution is 0.102. The number of carbonyl (C=O) groups excluding carboxylic acids is 1. The lowest BCUT2D eigenvalue weighted by atomic mass is 10.0. The largest absolute Gasteiger partial charge is 0.322 e. The number of anilines is 1. The van der Waals surface area contributed by atoms with Crippen molar-refractivity contribution >= 4 is 35.0 Å². The summed E-state index contributed by atoms with van der Waals surface area (Å²) in [5.74, 6) is -3.09. The molecule has 0 spiro atoms. The van der Waals surface area contributed by atoms with Crippen LogP contribution >= 0.6 is 23.4 Å². The van der Waals surface area contributed by atoms with Crippen LogP contribution in [0.15, 0.2) is 35.2 Å². The number of nitrogens with zero attached hydrogens (tertiary/aromatic N) is 1. The van der Waals surface area contributed by atoms with Gasteiger partial charge in [0.25, 0.3) is 5.91 Å². The lowest BCUT2D eigenvalue weighted by Crippen LogP contribution is -2.20. The molecule has 3 rings (SSSR count). The Morgan fingerprint density at radius 1 is 1.19 bits per heavy atom. The fourth-order valence-corrected chi connectivity index (χ4v) is 5.70. The number of carbonyl (C=O) groups is 1. The molecule has 2 aromatic carbocycles. The summed E-state index contributed by atoms with van der Waals surface area (Å²) in [7, 11) is 4.15. The molecule has 1 N–H and O–H groups in total. The molecule has 3 nitrogen and oxygen atoms in total. The summed E-state index contributed by atoms with van der Waals surface area (Å²) >= 11 is 8.02. The molecular weight excluding hydrogens is 445 g/mol. The van der Waals surface area contributed by atoms with Crippen LogP contribution < -0.4 is 5.32 Å². The van der Waals surface area contributed by atoms with Crippen molar-refractivity contribution < 1.29 is 18.0 Å². The van der Waals surface area contributed by atoms with E-state index in [-0.39, 0.29) is 5.69 Å². The predicted octanol–water partition coefficient (Wildman–Crippen LogP) is 6.32. The van der Waals surface area contributed by atoms with Crippen molar-refractivity contribution in [2.24, 2.45) is 17.8 Å². The summed E-state index contributed by atoms with van der Waals surface area (Å²) in [5.41, 5.74) is 0.152. The molecule has 1 saturated carbocycles. The van der Waals surface area contributed by atoms with Crippen LogP contribution in [0.25, 0.3) is 0 Å². The zero-order valence-corrected chi connectivity index (χ0v) is 19.5. The number of nitrogens with one attached hydrogen (secondary N) is 1. The standard InChI is InChI=1S/C23H26ClF3N2OS/c1-12(11-29(3)4)7-16-13(2)22(16)31-20-8-14(5-6-17(20)24)23(30)28-15-9-18(25)21(27)19(26)10-15/h5-6,8-10,12-13,16,22H,7,11H2,1-4H3,(H,28,30). The van der Waals surface area contributed by atoms with Crippen LogP contribution in [-0.2, 0) is 0 Å².